The number of aromatic nitrogens is 1. The quantitative estimate of drug-likeness (QED) is 0.187. The molecule has 1 aliphatic carbocycles. The van der Waals surface area contributed by atoms with E-state index in [0.717, 1.165) is 44.7 Å². The molecule has 0 saturated carbocycles. The summed E-state index contributed by atoms with van der Waals surface area (Å²) in [5.41, 5.74) is 0.876. The van der Waals surface area contributed by atoms with Crippen molar-refractivity contribution < 1.29 is 9.53 Å². The summed E-state index contributed by atoms with van der Waals surface area (Å²) in [7, 11) is 0. The number of alkyl carbamates (subject to hydrolysis) is 1. The lowest BCUT2D eigenvalue weighted by atomic mass is 10.0. The molecule has 9 heteroatoms. The number of carbonyl (C=O) groups is 1. The number of rotatable bonds is 9. The van der Waals surface area contributed by atoms with Gasteiger partial charge in [-0.1, -0.05) is 0 Å². The Kier molecular flexibility index (Phi) is 12.6. The minimum absolute atomic E-state index is 0. The predicted octanol–water partition coefficient (Wildman–Crippen LogP) is 4.04. The fourth-order valence-corrected chi connectivity index (χ4v) is 4.27. The van der Waals surface area contributed by atoms with Crippen molar-refractivity contribution in [3.8, 4) is 0 Å². The van der Waals surface area contributed by atoms with Crippen LogP contribution in [0.1, 0.15) is 69.0 Å². The summed E-state index contributed by atoms with van der Waals surface area (Å²) in [4.78, 5) is 22.5. The molecular weight excluding hydrogens is 513 g/mol. The highest BCUT2D eigenvalue weighted by Gasteiger charge is 2.16. The summed E-state index contributed by atoms with van der Waals surface area (Å²) in [6.07, 6.45) is 7.41. The number of hydrogen-bond acceptors (Lipinski definition) is 5. The van der Waals surface area contributed by atoms with Crippen LogP contribution in [0.5, 0.6) is 0 Å². The summed E-state index contributed by atoms with van der Waals surface area (Å²) in [6.45, 7) is 10.5. The van der Waals surface area contributed by atoms with Gasteiger partial charge in [0.25, 0.3) is 0 Å². The van der Waals surface area contributed by atoms with E-state index in [1.165, 1.54) is 34.8 Å². The molecule has 0 bridgehead atoms. The standard InChI is InChI=1S/C21H37N5O2S.HI/c1-5-22-19(24-14-9-15-25-20(27)28-21(2,3)4)23-13-8-12-18-26-16-10-6-7-11-17(16)29-18;/h5-15H2,1-4H3,(H,25,27)(H2,22,23,24);1H. The lowest BCUT2D eigenvalue weighted by molar-refractivity contribution is 0.0527. The highest BCUT2D eigenvalue weighted by molar-refractivity contribution is 14.0. The number of aliphatic imine (C=N–C) groups is 1. The number of nitrogens with one attached hydrogen (secondary N) is 3. The molecule has 0 saturated heterocycles. The second kappa shape index (κ2) is 14.1. The maximum atomic E-state index is 11.6. The van der Waals surface area contributed by atoms with Crippen LogP contribution in [0, 0.1) is 0 Å². The Balaban J connectivity index is 0.00000450. The third kappa shape index (κ3) is 10.8. The molecule has 0 aliphatic heterocycles. The first-order valence-electron chi connectivity index (χ1n) is 10.8. The average Bonchev–Trinajstić information content (AvgIpc) is 3.06. The van der Waals surface area contributed by atoms with Gasteiger partial charge in [0.1, 0.15) is 5.60 Å². The number of nitrogens with zero attached hydrogens (tertiary/aromatic N) is 2. The Morgan fingerprint density at radius 1 is 1.13 bits per heavy atom. The summed E-state index contributed by atoms with van der Waals surface area (Å²) in [6, 6.07) is 0. The highest BCUT2D eigenvalue weighted by Crippen LogP contribution is 2.27. The van der Waals surface area contributed by atoms with Crippen molar-refractivity contribution in [1.29, 1.82) is 0 Å². The van der Waals surface area contributed by atoms with Gasteiger partial charge in [-0.15, -0.1) is 35.3 Å². The van der Waals surface area contributed by atoms with Crippen LogP contribution >= 0.6 is 35.3 Å². The zero-order chi connectivity index (χ0) is 21.1. The molecule has 1 aliphatic rings. The molecule has 0 aromatic carbocycles. The maximum Gasteiger partial charge on any atom is 0.407 e. The molecule has 1 aromatic rings. The fourth-order valence-electron chi connectivity index (χ4n) is 3.08. The molecule has 0 fully saturated rings. The minimum Gasteiger partial charge on any atom is -0.444 e. The minimum atomic E-state index is -0.470. The van der Waals surface area contributed by atoms with Crippen LogP contribution in [-0.4, -0.2) is 48.8 Å². The van der Waals surface area contributed by atoms with Crippen molar-refractivity contribution in [2.24, 2.45) is 4.99 Å². The lowest BCUT2D eigenvalue weighted by Gasteiger charge is -2.19. The van der Waals surface area contributed by atoms with E-state index >= 15 is 0 Å². The smallest absolute Gasteiger partial charge is 0.407 e. The zero-order valence-electron chi connectivity index (χ0n) is 18.8. The van der Waals surface area contributed by atoms with Gasteiger partial charge in [0.05, 0.1) is 10.7 Å². The van der Waals surface area contributed by atoms with Crippen molar-refractivity contribution in [1.82, 2.24) is 20.9 Å². The third-order valence-corrected chi connectivity index (χ3v) is 5.58. The number of guanidine groups is 1. The van der Waals surface area contributed by atoms with Crippen molar-refractivity contribution in [2.45, 2.75) is 78.2 Å². The molecule has 7 nitrogen and oxygen atoms in total. The Morgan fingerprint density at radius 3 is 2.57 bits per heavy atom. The summed E-state index contributed by atoms with van der Waals surface area (Å²) in [5, 5.41) is 10.7. The van der Waals surface area contributed by atoms with Crippen LogP contribution < -0.4 is 16.0 Å². The zero-order valence-corrected chi connectivity index (χ0v) is 22.0. The topological polar surface area (TPSA) is 87.6 Å². The predicted molar refractivity (Wildman–Crippen MR) is 135 cm³/mol. The third-order valence-electron chi connectivity index (χ3n) is 4.37. The van der Waals surface area contributed by atoms with Crippen molar-refractivity contribution in [2.75, 3.05) is 26.2 Å². The van der Waals surface area contributed by atoms with Crippen LogP contribution in [-0.2, 0) is 24.0 Å². The van der Waals surface area contributed by atoms with Gasteiger partial charge in [-0.3, -0.25) is 4.99 Å². The Hall–Kier alpha value is -1.10. The molecule has 0 spiro atoms. The number of aryl methyl sites for hydroxylation is 3. The average molecular weight is 552 g/mol. The van der Waals surface area contributed by atoms with Crippen molar-refractivity contribution in [3.05, 3.63) is 15.6 Å². The number of hydrogen-bond donors (Lipinski definition) is 3. The first-order chi connectivity index (χ1) is 13.9. The molecule has 2 rings (SSSR count). The van der Waals surface area contributed by atoms with E-state index in [1.54, 1.807) is 0 Å². The first kappa shape index (κ1) is 26.9. The van der Waals surface area contributed by atoms with E-state index in [4.69, 9.17) is 9.72 Å². The van der Waals surface area contributed by atoms with Gasteiger partial charge in [-0.05, 0) is 66.2 Å². The van der Waals surface area contributed by atoms with Crippen LogP contribution in [0.15, 0.2) is 4.99 Å². The van der Waals surface area contributed by atoms with Crippen LogP contribution in [0.4, 0.5) is 4.79 Å². The van der Waals surface area contributed by atoms with Crippen LogP contribution in [0.2, 0.25) is 0 Å². The molecule has 172 valence electrons. The molecule has 0 atom stereocenters. The van der Waals surface area contributed by atoms with E-state index in [1.807, 2.05) is 32.1 Å². The number of halogens is 1. The van der Waals surface area contributed by atoms with Gasteiger partial charge in [-0.2, -0.15) is 0 Å². The molecule has 1 heterocycles. The fraction of sp³-hybridized carbons (Fsp3) is 0.762. The van der Waals surface area contributed by atoms with Gasteiger partial charge >= 0.3 is 6.09 Å². The number of thiazole rings is 1. The molecule has 1 amide bonds. The molecular formula is C21H38IN5O2S. The van der Waals surface area contributed by atoms with E-state index in [2.05, 4.69) is 27.9 Å². The number of ether oxygens (including phenoxy) is 1. The van der Waals surface area contributed by atoms with Crippen LogP contribution in [0.25, 0.3) is 0 Å². The molecule has 30 heavy (non-hydrogen) atoms. The Morgan fingerprint density at radius 2 is 1.87 bits per heavy atom. The van der Waals surface area contributed by atoms with E-state index in [0.29, 0.717) is 13.1 Å². The van der Waals surface area contributed by atoms with Gasteiger partial charge in [-0.25, -0.2) is 9.78 Å². The summed E-state index contributed by atoms with van der Waals surface area (Å²) < 4.78 is 5.22. The SMILES string of the molecule is CCNC(=NCCCNC(=O)OC(C)(C)C)NCCCc1nc2c(s1)CCCC2.I. The van der Waals surface area contributed by atoms with E-state index in [9.17, 15) is 4.79 Å². The van der Waals surface area contributed by atoms with Crippen molar-refractivity contribution in [3.63, 3.8) is 0 Å². The molecule has 3 N–H and O–H groups in total. The van der Waals surface area contributed by atoms with Crippen molar-refractivity contribution >= 4 is 47.4 Å². The highest BCUT2D eigenvalue weighted by atomic mass is 127. The number of amides is 1. The Labute approximate surface area is 202 Å². The molecule has 0 unspecified atom stereocenters. The summed E-state index contributed by atoms with van der Waals surface area (Å²) in [5.74, 6) is 0.822. The number of fused-ring (bicyclic) bond motifs is 1. The Bertz CT molecular complexity index is 649. The van der Waals surface area contributed by atoms with Gasteiger partial charge in [0.2, 0.25) is 0 Å². The molecule has 1 aromatic heterocycles. The molecule has 0 radical (unpaired) electrons. The van der Waals surface area contributed by atoms with Gasteiger partial charge in [0.15, 0.2) is 5.96 Å². The normalized spacial score (nSPS) is 13.8. The van der Waals surface area contributed by atoms with E-state index < -0.39 is 5.60 Å². The van der Waals surface area contributed by atoms with Crippen LogP contribution in [0.3, 0.4) is 0 Å². The second-order valence-corrected chi connectivity index (χ2v) is 9.43. The maximum absolute atomic E-state index is 11.6. The largest absolute Gasteiger partial charge is 0.444 e. The first-order valence-corrected chi connectivity index (χ1v) is 11.7. The number of carbonyl (C=O) groups excluding carboxylic acids is 1. The summed E-state index contributed by atoms with van der Waals surface area (Å²) >= 11 is 1.90. The monoisotopic (exact) mass is 551 g/mol. The lowest BCUT2D eigenvalue weighted by Crippen LogP contribution is -2.38. The second-order valence-electron chi connectivity index (χ2n) is 8.26. The van der Waals surface area contributed by atoms with E-state index in [-0.39, 0.29) is 30.1 Å². The van der Waals surface area contributed by atoms with Gasteiger partial charge < -0.3 is 20.7 Å². The van der Waals surface area contributed by atoms with Gasteiger partial charge in [0, 0.05) is 37.5 Å².